The van der Waals surface area contributed by atoms with Gasteiger partial charge in [-0.05, 0) is 79.6 Å². The first-order chi connectivity index (χ1) is 18.6. The normalized spacial score (nSPS) is 17.9. The van der Waals surface area contributed by atoms with Crippen molar-refractivity contribution in [1.82, 2.24) is 14.9 Å². The number of rotatable bonds is 8. The van der Waals surface area contributed by atoms with Crippen LogP contribution in [0, 0.1) is 11.7 Å². The minimum absolute atomic E-state index is 0.267. The third-order valence-electron chi connectivity index (χ3n) is 7.41. The van der Waals surface area contributed by atoms with Gasteiger partial charge in [0.15, 0.2) is 0 Å². The van der Waals surface area contributed by atoms with Crippen molar-refractivity contribution in [3.05, 3.63) is 75.6 Å². The second-order valence-corrected chi connectivity index (χ2v) is 11.4. The number of hydrogen-bond acceptors (Lipinski definition) is 7. The minimum Gasteiger partial charge on any atom is -0.487 e. The Hall–Kier alpha value is -2.78. The summed E-state index contributed by atoms with van der Waals surface area (Å²) >= 11 is 8.34. The van der Waals surface area contributed by atoms with Crippen LogP contribution >= 0.6 is 22.9 Å². The largest absolute Gasteiger partial charge is 0.487 e. The molecular weight excluding hydrogens is 523 g/mol. The van der Waals surface area contributed by atoms with Crippen molar-refractivity contribution < 1.29 is 13.9 Å². The molecule has 1 N–H and O–H groups in total. The van der Waals surface area contributed by atoms with Crippen molar-refractivity contribution in [1.29, 1.82) is 0 Å². The Kier molecular flexibility index (Phi) is 7.74. The predicted octanol–water partition coefficient (Wildman–Crippen LogP) is 6.63. The molecule has 1 aliphatic heterocycles. The summed E-state index contributed by atoms with van der Waals surface area (Å²) in [5.41, 5.74) is 3.10. The monoisotopic (exact) mass is 552 g/mol. The summed E-state index contributed by atoms with van der Waals surface area (Å²) in [7, 11) is 0. The van der Waals surface area contributed by atoms with Crippen molar-refractivity contribution in [3.63, 3.8) is 0 Å². The van der Waals surface area contributed by atoms with E-state index in [1.807, 2.05) is 18.2 Å². The smallest absolute Gasteiger partial charge is 0.142 e. The molecule has 2 aromatic carbocycles. The molecule has 1 saturated heterocycles. The molecule has 0 radical (unpaired) electrons. The summed E-state index contributed by atoms with van der Waals surface area (Å²) in [6.07, 6.45) is 6.24. The number of morpholine rings is 1. The van der Waals surface area contributed by atoms with Gasteiger partial charge in [0, 0.05) is 23.7 Å². The van der Waals surface area contributed by atoms with E-state index in [9.17, 15) is 4.39 Å². The lowest BCUT2D eigenvalue weighted by Crippen LogP contribution is -2.37. The summed E-state index contributed by atoms with van der Waals surface area (Å²) in [5.74, 6) is 1.83. The Balaban J connectivity index is 1.13. The fraction of sp³-hybridized carbons (Fsp3) is 0.379. The molecule has 198 valence electrons. The van der Waals surface area contributed by atoms with E-state index < -0.39 is 0 Å². The number of anilines is 2. The van der Waals surface area contributed by atoms with Gasteiger partial charge in [0.1, 0.15) is 35.1 Å². The lowest BCUT2D eigenvalue weighted by atomic mass is 9.85. The average molecular weight is 553 g/mol. The highest BCUT2D eigenvalue weighted by Gasteiger charge is 2.26. The van der Waals surface area contributed by atoms with Gasteiger partial charge in [-0.3, -0.25) is 4.90 Å². The summed E-state index contributed by atoms with van der Waals surface area (Å²) in [5, 5.41) is 5.10. The highest BCUT2D eigenvalue weighted by molar-refractivity contribution is 7.19. The Morgan fingerprint density at radius 2 is 1.97 bits per heavy atom. The van der Waals surface area contributed by atoms with E-state index in [2.05, 4.69) is 20.2 Å². The van der Waals surface area contributed by atoms with E-state index in [0.717, 1.165) is 73.0 Å². The van der Waals surface area contributed by atoms with Crippen LogP contribution in [-0.4, -0.2) is 47.7 Å². The molecule has 0 amide bonds. The summed E-state index contributed by atoms with van der Waals surface area (Å²) in [6, 6.07) is 11.9. The van der Waals surface area contributed by atoms with Gasteiger partial charge in [0.05, 0.1) is 23.6 Å². The Bertz CT molecular complexity index is 1410. The zero-order chi connectivity index (χ0) is 25.9. The van der Waals surface area contributed by atoms with Gasteiger partial charge in [0.2, 0.25) is 0 Å². The van der Waals surface area contributed by atoms with Gasteiger partial charge in [0.25, 0.3) is 0 Å². The van der Waals surface area contributed by atoms with Gasteiger partial charge in [-0.2, -0.15) is 0 Å². The number of halogens is 2. The standard InChI is InChI=1S/C29H30ClFN4O2S/c30-24-16-22(6-8-25(24)37-17-20-1-4-21(31)5-2-20)34-28-27-23-7-3-19(9-10-35-11-13-36-14-12-35)15-26(23)38-29(27)33-18-32-28/h1-2,4-6,8,16,18-19H,3,7,9-15,17H2,(H,32,33,34). The minimum atomic E-state index is -0.267. The number of hydrogen-bond donors (Lipinski definition) is 1. The number of fused-ring (bicyclic) bond motifs is 3. The Morgan fingerprint density at radius 1 is 1.13 bits per heavy atom. The maximum absolute atomic E-state index is 13.1. The van der Waals surface area contributed by atoms with Crippen LogP contribution < -0.4 is 10.1 Å². The molecule has 1 aliphatic carbocycles. The molecular formula is C29H30ClFN4O2S. The lowest BCUT2D eigenvalue weighted by molar-refractivity contribution is 0.0351. The summed E-state index contributed by atoms with van der Waals surface area (Å²) < 4.78 is 24.5. The number of nitrogens with zero attached hydrogens (tertiary/aromatic N) is 3. The van der Waals surface area contributed by atoms with Crippen LogP contribution in [0.5, 0.6) is 5.75 Å². The lowest BCUT2D eigenvalue weighted by Gasteiger charge is -2.29. The van der Waals surface area contributed by atoms with Crippen LogP contribution in [0.4, 0.5) is 15.9 Å². The van der Waals surface area contributed by atoms with E-state index in [1.54, 1.807) is 29.8 Å². The molecule has 2 aromatic heterocycles. The van der Waals surface area contributed by atoms with Crippen molar-refractivity contribution in [2.45, 2.75) is 32.3 Å². The van der Waals surface area contributed by atoms with Crippen LogP contribution in [0.25, 0.3) is 10.2 Å². The van der Waals surface area contributed by atoms with Crippen LogP contribution in [0.15, 0.2) is 48.8 Å². The number of aryl methyl sites for hydroxylation is 1. The second-order valence-electron chi connectivity index (χ2n) is 9.94. The molecule has 6 rings (SSSR count). The average Bonchev–Trinajstić information content (AvgIpc) is 3.32. The van der Waals surface area contributed by atoms with E-state index in [4.69, 9.17) is 21.1 Å². The molecule has 0 bridgehead atoms. The molecule has 9 heteroatoms. The van der Waals surface area contributed by atoms with Gasteiger partial charge < -0.3 is 14.8 Å². The van der Waals surface area contributed by atoms with Gasteiger partial charge >= 0.3 is 0 Å². The van der Waals surface area contributed by atoms with Crippen LogP contribution in [0.2, 0.25) is 5.02 Å². The Labute approximate surface area is 230 Å². The third kappa shape index (κ3) is 5.78. The zero-order valence-electron chi connectivity index (χ0n) is 21.1. The second kappa shape index (κ2) is 11.5. The Morgan fingerprint density at radius 3 is 2.79 bits per heavy atom. The van der Waals surface area contributed by atoms with E-state index in [0.29, 0.717) is 23.3 Å². The molecule has 3 heterocycles. The van der Waals surface area contributed by atoms with Gasteiger partial charge in [-0.1, -0.05) is 23.7 Å². The number of aromatic nitrogens is 2. The zero-order valence-corrected chi connectivity index (χ0v) is 22.7. The van der Waals surface area contributed by atoms with Gasteiger partial charge in [-0.25, -0.2) is 14.4 Å². The fourth-order valence-corrected chi connectivity index (χ4v) is 6.82. The van der Waals surface area contributed by atoms with Crippen molar-refractivity contribution >= 4 is 44.7 Å². The summed E-state index contributed by atoms with van der Waals surface area (Å²) in [4.78, 5) is 14.2. The molecule has 4 aromatic rings. The molecule has 1 fully saturated rings. The highest BCUT2D eigenvalue weighted by Crippen LogP contribution is 2.41. The first kappa shape index (κ1) is 25.5. The van der Waals surface area contributed by atoms with E-state index in [-0.39, 0.29) is 5.82 Å². The van der Waals surface area contributed by atoms with E-state index in [1.165, 1.54) is 35.4 Å². The number of ether oxygens (including phenoxy) is 2. The number of benzene rings is 2. The first-order valence-electron chi connectivity index (χ1n) is 13.1. The quantitative estimate of drug-likeness (QED) is 0.265. The molecule has 0 spiro atoms. The fourth-order valence-electron chi connectivity index (χ4n) is 5.28. The summed E-state index contributed by atoms with van der Waals surface area (Å²) in [6.45, 7) is 5.29. The molecule has 0 saturated carbocycles. The van der Waals surface area contributed by atoms with Crippen LogP contribution in [0.3, 0.4) is 0 Å². The first-order valence-corrected chi connectivity index (χ1v) is 14.3. The number of thiophene rings is 1. The SMILES string of the molecule is Fc1ccc(COc2ccc(Nc3ncnc4sc5c(c34)CCC(CCN3CCOCC3)C5)cc2Cl)cc1. The molecule has 6 nitrogen and oxygen atoms in total. The maximum Gasteiger partial charge on any atom is 0.142 e. The maximum atomic E-state index is 13.1. The predicted molar refractivity (Wildman–Crippen MR) is 150 cm³/mol. The van der Waals surface area contributed by atoms with E-state index >= 15 is 0 Å². The van der Waals surface area contributed by atoms with Gasteiger partial charge in [-0.15, -0.1) is 11.3 Å². The van der Waals surface area contributed by atoms with Crippen molar-refractivity contribution in [2.24, 2.45) is 5.92 Å². The van der Waals surface area contributed by atoms with Crippen LogP contribution in [0.1, 0.15) is 28.8 Å². The number of nitrogens with one attached hydrogen (secondary N) is 1. The van der Waals surface area contributed by atoms with Crippen molar-refractivity contribution in [2.75, 3.05) is 38.2 Å². The molecule has 38 heavy (non-hydrogen) atoms. The highest BCUT2D eigenvalue weighted by atomic mass is 35.5. The third-order valence-corrected chi connectivity index (χ3v) is 8.86. The van der Waals surface area contributed by atoms with Crippen LogP contribution in [-0.2, 0) is 24.2 Å². The molecule has 1 atom stereocenters. The van der Waals surface area contributed by atoms with Crippen molar-refractivity contribution in [3.8, 4) is 5.75 Å². The molecule has 1 unspecified atom stereocenters. The topological polar surface area (TPSA) is 59.5 Å². The molecule has 2 aliphatic rings.